The zero-order valence-corrected chi connectivity index (χ0v) is 36.0. The molecule has 2 aromatic heterocycles. The lowest BCUT2D eigenvalue weighted by Crippen LogP contribution is -2.30. The van der Waals surface area contributed by atoms with E-state index < -0.39 is 0 Å². The molecule has 0 spiro atoms. The maximum absolute atomic E-state index is 13.8. The van der Waals surface area contributed by atoms with E-state index in [0.29, 0.717) is 37.8 Å². The molecule has 2 aliphatic rings. The first-order chi connectivity index (χ1) is 26.4. The van der Waals surface area contributed by atoms with Gasteiger partial charge in [-0.15, -0.1) is 12.4 Å². The van der Waals surface area contributed by atoms with Crippen molar-refractivity contribution in [2.75, 3.05) is 26.2 Å². The molecule has 0 atom stereocenters. The summed E-state index contributed by atoms with van der Waals surface area (Å²) in [7, 11) is 0. The van der Waals surface area contributed by atoms with Crippen LogP contribution < -0.4 is 5.32 Å². The number of nitrogens with zero attached hydrogens (tertiary/aromatic N) is 4. The number of carbonyl (C=O) groups excluding carboxylic acids is 2. The van der Waals surface area contributed by atoms with Crippen molar-refractivity contribution in [3.63, 3.8) is 0 Å². The Hall–Kier alpha value is -4.07. The van der Waals surface area contributed by atoms with E-state index in [-0.39, 0.29) is 24.2 Å². The second-order valence-corrected chi connectivity index (χ2v) is 17.0. The number of carbonyl (C=O) groups is 2. The van der Waals surface area contributed by atoms with E-state index in [1.165, 1.54) is 22.3 Å². The van der Waals surface area contributed by atoms with Crippen LogP contribution in [0.3, 0.4) is 0 Å². The molecule has 2 fully saturated rings. The van der Waals surface area contributed by atoms with E-state index >= 15 is 0 Å². The summed E-state index contributed by atoms with van der Waals surface area (Å²) in [6, 6.07) is 17.5. The molecule has 0 saturated carbocycles. The Balaban J connectivity index is 0.00000600. The molecule has 7 nitrogen and oxygen atoms in total. The topological polar surface area (TPSA) is 78.4 Å². The maximum atomic E-state index is 13.8. The normalized spacial score (nSPS) is 14.2. The SMILES string of the molecule is Cc1ccc(-c2c(CC(=O)N3CCCC3)c(C)nc(CC(C)C)c2CNCc2c(CC(C)C)nc(C)c(CC(=O)N3CCCC3)c2-c2ccc(C)cc2)cc1.Cl. The molecule has 2 aliphatic heterocycles. The predicted molar refractivity (Wildman–Crippen MR) is 232 cm³/mol. The number of amides is 2. The van der Waals surface area contributed by atoms with Gasteiger partial charge in [0.2, 0.25) is 11.8 Å². The Morgan fingerprint density at radius 2 is 0.911 bits per heavy atom. The molecule has 4 aromatic rings. The summed E-state index contributed by atoms with van der Waals surface area (Å²) < 4.78 is 0. The van der Waals surface area contributed by atoms with Crippen LogP contribution in [-0.4, -0.2) is 57.8 Å². The first kappa shape index (κ1) is 43.1. The van der Waals surface area contributed by atoms with E-state index in [2.05, 4.69) is 109 Å². The molecule has 0 bridgehead atoms. The molecule has 0 radical (unpaired) electrons. The monoisotopic (exact) mass is 777 g/mol. The molecule has 1 N–H and O–H groups in total. The van der Waals surface area contributed by atoms with E-state index in [4.69, 9.17) is 9.97 Å². The Bertz CT molecular complexity index is 1830. The van der Waals surface area contributed by atoms with Gasteiger partial charge in [0.1, 0.15) is 0 Å². The van der Waals surface area contributed by atoms with Crippen LogP contribution in [-0.2, 0) is 48.4 Å². The molecule has 8 heteroatoms. The lowest BCUT2D eigenvalue weighted by molar-refractivity contribution is -0.130. The van der Waals surface area contributed by atoms with Gasteiger partial charge >= 0.3 is 0 Å². The highest BCUT2D eigenvalue weighted by atomic mass is 35.5. The van der Waals surface area contributed by atoms with Crippen LogP contribution in [0.15, 0.2) is 48.5 Å². The van der Waals surface area contributed by atoms with Crippen LogP contribution >= 0.6 is 12.4 Å². The van der Waals surface area contributed by atoms with Gasteiger partial charge in [-0.1, -0.05) is 87.4 Å². The Kier molecular flexibility index (Phi) is 14.9. The number of halogens is 1. The minimum Gasteiger partial charge on any atom is -0.342 e. The van der Waals surface area contributed by atoms with Crippen molar-refractivity contribution in [1.82, 2.24) is 25.1 Å². The lowest BCUT2D eigenvalue weighted by atomic mass is 9.87. The quantitative estimate of drug-likeness (QED) is 0.138. The summed E-state index contributed by atoms with van der Waals surface area (Å²) in [5.74, 6) is 1.20. The van der Waals surface area contributed by atoms with Crippen LogP contribution in [0.2, 0.25) is 0 Å². The standard InChI is InChI=1S/C48H63N5O2.ClH/c1-31(2)25-43-41(47(37-17-13-33(5)14-18-37)39(35(7)50-43)27-45(54)52-21-9-10-22-52)29-49-30-42-44(26-32(3)4)51-36(8)40(28-46(55)53-23-11-12-24-53)48(42)38-19-15-34(6)16-20-38;/h13-20,31-32,49H,9-12,21-30H2,1-8H3;1H. The second kappa shape index (κ2) is 19.4. The fourth-order valence-corrected chi connectivity index (χ4v) is 8.52. The third-order valence-corrected chi connectivity index (χ3v) is 11.4. The molecular formula is C48H64ClN5O2. The van der Waals surface area contributed by atoms with Gasteiger partial charge in [-0.2, -0.15) is 0 Å². The molecule has 2 aromatic carbocycles. The van der Waals surface area contributed by atoms with Crippen molar-refractivity contribution >= 4 is 24.2 Å². The Morgan fingerprint density at radius 3 is 1.23 bits per heavy atom. The Morgan fingerprint density at radius 1 is 0.571 bits per heavy atom. The number of hydrogen-bond donors (Lipinski definition) is 1. The maximum Gasteiger partial charge on any atom is 0.227 e. The molecular weight excluding hydrogens is 714 g/mol. The van der Waals surface area contributed by atoms with Crippen molar-refractivity contribution in [2.45, 2.75) is 120 Å². The average Bonchev–Trinajstić information content (AvgIpc) is 3.88. The molecule has 6 rings (SSSR count). The van der Waals surface area contributed by atoms with Gasteiger partial charge in [0.15, 0.2) is 0 Å². The first-order valence-electron chi connectivity index (χ1n) is 20.8. The highest BCUT2D eigenvalue weighted by molar-refractivity contribution is 5.86. The van der Waals surface area contributed by atoms with Crippen LogP contribution in [0.1, 0.15) is 110 Å². The van der Waals surface area contributed by atoms with Gasteiger partial charge in [0.25, 0.3) is 0 Å². The highest BCUT2D eigenvalue weighted by Crippen LogP contribution is 2.36. The predicted octanol–water partition coefficient (Wildman–Crippen LogP) is 9.48. The fourth-order valence-electron chi connectivity index (χ4n) is 8.52. The number of nitrogens with one attached hydrogen (secondary N) is 1. The highest BCUT2D eigenvalue weighted by Gasteiger charge is 2.27. The van der Waals surface area contributed by atoms with Crippen LogP contribution in [0.25, 0.3) is 22.3 Å². The zero-order chi connectivity index (χ0) is 39.2. The number of hydrogen-bond acceptors (Lipinski definition) is 5. The van der Waals surface area contributed by atoms with Crippen molar-refractivity contribution < 1.29 is 9.59 Å². The fraction of sp³-hybridized carbons (Fsp3) is 0.500. The number of aromatic nitrogens is 2. The number of benzene rings is 2. The smallest absolute Gasteiger partial charge is 0.227 e. The molecule has 2 amide bonds. The van der Waals surface area contributed by atoms with Crippen LogP contribution in [0.4, 0.5) is 0 Å². The lowest BCUT2D eigenvalue weighted by Gasteiger charge is -2.25. The van der Waals surface area contributed by atoms with Crippen LogP contribution in [0, 0.1) is 39.5 Å². The summed E-state index contributed by atoms with van der Waals surface area (Å²) in [4.78, 5) is 42.1. The number of aryl methyl sites for hydroxylation is 4. The third kappa shape index (κ3) is 10.3. The van der Waals surface area contributed by atoms with Crippen LogP contribution in [0.5, 0.6) is 0 Å². The van der Waals surface area contributed by atoms with Gasteiger partial charge in [0.05, 0.1) is 12.8 Å². The van der Waals surface area contributed by atoms with E-state index in [1.807, 2.05) is 9.80 Å². The van der Waals surface area contributed by atoms with E-state index in [1.54, 1.807) is 0 Å². The molecule has 2 saturated heterocycles. The first-order valence-corrected chi connectivity index (χ1v) is 20.8. The largest absolute Gasteiger partial charge is 0.342 e. The van der Waals surface area contributed by atoms with Gasteiger partial charge < -0.3 is 15.1 Å². The number of likely N-dealkylation sites (tertiary alicyclic amines) is 2. The van der Waals surface area contributed by atoms with Gasteiger partial charge in [-0.05, 0) is 123 Å². The zero-order valence-electron chi connectivity index (χ0n) is 35.2. The van der Waals surface area contributed by atoms with Gasteiger partial charge in [-0.25, -0.2) is 0 Å². The van der Waals surface area contributed by atoms with Crippen molar-refractivity contribution in [3.05, 3.63) is 105 Å². The molecule has 300 valence electrons. The average molecular weight is 779 g/mol. The molecule has 4 heterocycles. The van der Waals surface area contributed by atoms with Crippen molar-refractivity contribution in [2.24, 2.45) is 11.8 Å². The summed E-state index contributed by atoms with van der Waals surface area (Å²) in [5, 5.41) is 3.93. The summed E-state index contributed by atoms with van der Waals surface area (Å²) in [6.45, 7) is 21.9. The molecule has 0 unspecified atom stereocenters. The summed E-state index contributed by atoms with van der Waals surface area (Å²) >= 11 is 0. The Labute approximate surface area is 342 Å². The van der Waals surface area contributed by atoms with Crippen molar-refractivity contribution in [3.8, 4) is 22.3 Å². The van der Waals surface area contributed by atoms with Gasteiger partial charge in [0, 0.05) is 62.0 Å². The summed E-state index contributed by atoms with van der Waals surface area (Å²) in [6.07, 6.45) is 6.68. The van der Waals surface area contributed by atoms with E-state index in [9.17, 15) is 9.59 Å². The van der Waals surface area contributed by atoms with Crippen molar-refractivity contribution in [1.29, 1.82) is 0 Å². The number of pyridine rings is 2. The minimum atomic E-state index is 0. The van der Waals surface area contributed by atoms with Gasteiger partial charge in [-0.3, -0.25) is 19.6 Å². The minimum absolute atomic E-state index is 0. The second-order valence-electron chi connectivity index (χ2n) is 17.0. The summed E-state index contributed by atoms with van der Waals surface area (Å²) in [5.41, 5.74) is 15.4. The van der Waals surface area contributed by atoms with E-state index in [0.717, 1.165) is 121 Å². The molecule has 56 heavy (non-hydrogen) atoms. The number of rotatable bonds is 14. The third-order valence-electron chi connectivity index (χ3n) is 11.4. The molecule has 0 aliphatic carbocycles.